The van der Waals surface area contributed by atoms with E-state index in [9.17, 15) is 9.59 Å². The fourth-order valence-corrected chi connectivity index (χ4v) is 2.17. The first kappa shape index (κ1) is 27.3. The predicted octanol–water partition coefficient (Wildman–Crippen LogP) is 4.22. The fourth-order valence-electron chi connectivity index (χ4n) is 2.17. The minimum Gasteiger partial charge on any atom is -0.396 e. The molecule has 0 heterocycles. The molecule has 0 saturated carbocycles. The molecule has 0 fully saturated rings. The number of ketones is 1. The van der Waals surface area contributed by atoms with Crippen LogP contribution in [0.5, 0.6) is 0 Å². The SMILES string of the molecule is CCC(C)CCC(=O)C(C)C.CCOCCNC(=O)C(C)(CC)CCO.[HH]. The van der Waals surface area contributed by atoms with Crippen LogP contribution in [0, 0.1) is 17.3 Å². The van der Waals surface area contributed by atoms with Crippen LogP contribution >= 0.6 is 0 Å². The summed E-state index contributed by atoms with van der Waals surface area (Å²) >= 11 is 0. The molecule has 1 amide bonds. The average molecular weight is 376 g/mol. The summed E-state index contributed by atoms with van der Waals surface area (Å²) in [6.07, 6.45) is 4.25. The van der Waals surface area contributed by atoms with Crippen molar-refractivity contribution in [2.45, 2.75) is 80.6 Å². The molecule has 2 N–H and O–H groups in total. The molecular formula is C21H45NO4. The largest absolute Gasteiger partial charge is 0.396 e. The lowest BCUT2D eigenvalue weighted by molar-refractivity contribution is -0.131. The zero-order valence-electron chi connectivity index (χ0n) is 18.2. The number of hydrogen-bond donors (Lipinski definition) is 2. The highest BCUT2D eigenvalue weighted by molar-refractivity contribution is 5.82. The first-order valence-corrected chi connectivity index (χ1v) is 10.2. The molecule has 26 heavy (non-hydrogen) atoms. The van der Waals surface area contributed by atoms with Gasteiger partial charge in [0.1, 0.15) is 5.78 Å². The summed E-state index contributed by atoms with van der Waals surface area (Å²) in [5.41, 5.74) is -0.457. The molecule has 158 valence electrons. The minimum atomic E-state index is -0.457. The summed E-state index contributed by atoms with van der Waals surface area (Å²) in [7, 11) is 0. The standard InChI is InChI=1S/C11H23NO3.C10H20O.H2/c1-4-11(3,6-8-13)10(14)12-7-9-15-5-2;1-5-9(4)6-7-10(11)8(2)3;/h13H,4-9H2,1-3H3,(H,12,14);8-9H,5-7H2,1-4H3;1H. The molecular weight excluding hydrogens is 330 g/mol. The van der Waals surface area contributed by atoms with Crippen LogP contribution in [0.3, 0.4) is 0 Å². The molecule has 0 aromatic carbocycles. The van der Waals surface area contributed by atoms with Gasteiger partial charge in [-0.2, -0.15) is 0 Å². The molecule has 0 aromatic rings. The monoisotopic (exact) mass is 375 g/mol. The maximum absolute atomic E-state index is 11.8. The quantitative estimate of drug-likeness (QED) is 0.473. The number of amides is 1. The third kappa shape index (κ3) is 13.3. The van der Waals surface area contributed by atoms with E-state index in [-0.39, 0.29) is 19.9 Å². The Bertz CT molecular complexity index is 377. The van der Waals surface area contributed by atoms with E-state index < -0.39 is 5.41 Å². The van der Waals surface area contributed by atoms with Crippen molar-refractivity contribution in [1.82, 2.24) is 5.32 Å². The van der Waals surface area contributed by atoms with E-state index in [0.717, 1.165) is 19.3 Å². The van der Waals surface area contributed by atoms with Crippen molar-refractivity contribution in [2.75, 3.05) is 26.4 Å². The minimum absolute atomic E-state index is 0. The number of nitrogens with one attached hydrogen (secondary N) is 1. The number of carbonyl (C=O) groups is 2. The van der Waals surface area contributed by atoms with Crippen molar-refractivity contribution in [2.24, 2.45) is 17.3 Å². The second-order valence-corrected chi connectivity index (χ2v) is 7.51. The van der Waals surface area contributed by atoms with E-state index >= 15 is 0 Å². The van der Waals surface area contributed by atoms with Gasteiger partial charge >= 0.3 is 0 Å². The van der Waals surface area contributed by atoms with Gasteiger partial charge in [0.15, 0.2) is 0 Å². The highest BCUT2D eigenvalue weighted by Gasteiger charge is 2.30. The van der Waals surface area contributed by atoms with Crippen LogP contribution in [0.4, 0.5) is 0 Å². The number of aliphatic hydroxyl groups is 1. The lowest BCUT2D eigenvalue weighted by atomic mass is 9.83. The molecule has 2 unspecified atom stereocenters. The average Bonchev–Trinajstić information content (AvgIpc) is 2.63. The van der Waals surface area contributed by atoms with Crippen molar-refractivity contribution < 1.29 is 20.9 Å². The number of ether oxygens (including phenoxy) is 1. The highest BCUT2D eigenvalue weighted by Crippen LogP contribution is 2.25. The Balaban J connectivity index is -0.000000430. The molecule has 0 radical (unpaired) electrons. The van der Waals surface area contributed by atoms with E-state index in [1.165, 1.54) is 6.42 Å². The number of aliphatic hydroxyl groups excluding tert-OH is 1. The van der Waals surface area contributed by atoms with Crippen molar-refractivity contribution in [3.63, 3.8) is 0 Å². The van der Waals surface area contributed by atoms with Crippen molar-refractivity contribution in [3.05, 3.63) is 0 Å². The topological polar surface area (TPSA) is 75.6 Å². The normalized spacial score (nSPS) is 14.2. The Hall–Kier alpha value is -0.940. The second-order valence-electron chi connectivity index (χ2n) is 7.51. The molecule has 0 rings (SSSR count). The Labute approximate surface area is 162 Å². The maximum atomic E-state index is 11.8. The van der Waals surface area contributed by atoms with E-state index in [0.29, 0.717) is 37.9 Å². The van der Waals surface area contributed by atoms with Gasteiger partial charge in [0, 0.05) is 38.9 Å². The Kier molecular flexibility index (Phi) is 17.0. The third-order valence-corrected chi connectivity index (χ3v) is 4.95. The van der Waals surface area contributed by atoms with Gasteiger partial charge in [0.25, 0.3) is 0 Å². The second kappa shape index (κ2) is 16.2. The summed E-state index contributed by atoms with van der Waals surface area (Å²) in [6, 6.07) is 0. The summed E-state index contributed by atoms with van der Waals surface area (Å²) < 4.78 is 5.13. The number of Topliss-reactive ketones (excluding diaryl/α,β-unsaturated/α-hetero) is 1. The van der Waals surface area contributed by atoms with E-state index in [1.54, 1.807) is 0 Å². The van der Waals surface area contributed by atoms with Gasteiger partial charge in [-0.25, -0.2) is 0 Å². The molecule has 5 heteroatoms. The van der Waals surface area contributed by atoms with Gasteiger partial charge in [-0.05, 0) is 32.1 Å². The zero-order chi connectivity index (χ0) is 20.6. The number of hydrogen-bond acceptors (Lipinski definition) is 4. The molecule has 0 spiro atoms. The van der Waals surface area contributed by atoms with Crippen LogP contribution in [-0.2, 0) is 14.3 Å². The Morgan fingerprint density at radius 2 is 1.81 bits per heavy atom. The number of rotatable bonds is 13. The highest BCUT2D eigenvalue weighted by atomic mass is 16.5. The molecule has 0 aliphatic heterocycles. The van der Waals surface area contributed by atoms with Crippen LogP contribution in [0.25, 0.3) is 0 Å². The first-order chi connectivity index (χ1) is 12.2. The molecule has 0 bridgehead atoms. The zero-order valence-corrected chi connectivity index (χ0v) is 18.2. The molecule has 0 aliphatic carbocycles. The Morgan fingerprint density at radius 1 is 1.19 bits per heavy atom. The third-order valence-electron chi connectivity index (χ3n) is 4.95. The van der Waals surface area contributed by atoms with Gasteiger partial charge in [0.2, 0.25) is 5.91 Å². The molecule has 2 atom stereocenters. The van der Waals surface area contributed by atoms with Gasteiger partial charge in [-0.1, -0.05) is 48.0 Å². The predicted molar refractivity (Wildman–Crippen MR) is 110 cm³/mol. The van der Waals surface area contributed by atoms with Crippen LogP contribution in [-0.4, -0.2) is 43.2 Å². The fraction of sp³-hybridized carbons (Fsp3) is 0.905. The molecule has 0 aliphatic rings. The smallest absolute Gasteiger partial charge is 0.226 e. The number of carbonyl (C=O) groups excluding carboxylic acids is 2. The summed E-state index contributed by atoms with van der Waals surface area (Å²) in [5.74, 6) is 1.33. The van der Waals surface area contributed by atoms with Gasteiger partial charge in [-0.3, -0.25) is 9.59 Å². The summed E-state index contributed by atoms with van der Waals surface area (Å²) in [6.45, 7) is 15.9. The molecule has 0 aromatic heterocycles. The van der Waals surface area contributed by atoms with E-state index in [2.05, 4.69) is 19.2 Å². The molecule has 5 nitrogen and oxygen atoms in total. The van der Waals surface area contributed by atoms with Crippen LogP contribution in [0.2, 0.25) is 0 Å². The van der Waals surface area contributed by atoms with Crippen LogP contribution < -0.4 is 5.32 Å². The van der Waals surface area contributed by atoms with Gasteiger partial charge in [-0.15, -0.1) is 0 Å². The first-order valence-electron chi connectivity index (χ1n) is 10.2. The van der Waals surface area contributed by atoms with Crippen LogP contribution in [0.15, 0.2) is 0 Å². The van der Waals surface area contributed by atoms with Crippen molar-refractivity contribution >= 4 is 11.7 Å². The van der Waals surface area contributed by atoms with Crippen molar-refractivity contribution in [1.29, 1.82) is 0 Å². The van der Waals surface area contributed by atoms with Crippen molar-refractivity contribution in [3.8, 4) is 0 Å². The summed E-state index contributed by atoms with van der Waals surface area (Å²) in [4.78, 5) is 22.9. The lowest BCUT2D eigenvalue weighted by Crippen LogP contribution is -2.40. The van der Waals surface area contributed by atoms with E-state index in [4.69, 9.17) is 9.84 Å². The van der Waals surface area contributed by atoms with Gasteiger partial charge < -0.3 is 15.2 Å². The summed E-state index contributed by atoms with van der Waals surface area (Å²) in [5, 5.41) is 11.7. The molecule has 0 saturated heterocycles. The lowest BCUT2D eigenvalue weighted by Gasteiger charge is -2.25. The maximum Gasteiger partial charge on any atom is 0.226 e. The Morgan fingerprint density at radius 3 is 2.23 bits per heavy atom. The van der Waals surface area contributed by atoms with E-state index in [1.807, 2.05) is 34.6 Å². The van der Waals surface area contributed by atoms with Gasteiger partial charge in [0.05, 0.1) is 6.61 Å². The van der Waals surface area contributed by atoms with Crippen LogP contribution in [0.1, 0.15) is 82.0 Å².